The minimum Gasteiger partial charge on any atom is -0.489 e. The van der Waals surface area contributed by atoms with Crippen LogP contribution in [0.4, 0.5) is 13.2 Å². The quantitative estimate of drug-likeness (QED) is 0.305. The molecule has 5 nitrogen and oxygen atoms in total. The molecule has 2 N–H and O–H groups in total. The predicted octanol–water partition coefficient (Wildman–Crippen LogP) is 3.99. The average molecular weight is 528 g/mol. The van der Waals surface area contributed by atoms with E-state index in [2.05, 4.69) is 27.4 Å². The predicted molar refractivity (Wildman–Crippen MR) is 121 cm³/mol. The molecule has 29 heavy (non-hydrogen) atoms. The number of nitrogens with one attached hydrogen (secondary N) is 2. The molecular formula is C20H32F3IN4O. The first-order valence-electron chi connectivity index (χ1n) is 9.86. The SMILES string of the molecule is CCC(CNC(=NC)NCC1CCN(CC)C1)Oc1cccc(C(F)(F)F)c1.I. The third-order valence-corrected chi connectivity index (χ3v) is 5.02. The van der Waals surface area contributed by atoms with Crippen LogP contribution in [0.1, 0.15) is 32.3 Å². The van der Waals surface area contributed by atoms with Crippen molar-refractivity contribution in [2.24, 2.45) is 10.9 Å². The Bertz CT molecular complexity index is 642. The van der Waals surface area contributed by atoms with Gasteiger partial charge in [0.1, 0.15) is 11.9 Å². The third-order valence-electron chi connectivity index (χ3n) is 5.02. The molecule has 1 aliphatic rings. The highest BCUT2D eigenvalue weighted by molar-refractivity contribution is 14.0. The summed E-state index contributed by atoms with van der Waals surface area (Å²) in [4.78, 5) is 6.65. The fraction of sp³-hybridized carbons (Fsp3) is 0.650. The van der Waals surface area contributed by atoms with Crippen LogP contribution in [0.5, 0.6) is 5.75 Å². The molecule has 0 saturated carbocycles. The highest BCUT2D eigenvalue weighted by Crippen LogP contribution is 2.31. The van der Waals surface area contributed by atoms with Crippen molar-refractivity contribution in [3.8, 4) is 5.75 Å². The molecule has 166 valence electrons. The molecule has 9 heteroatoms. The molecule has 1 aromatic rings. The normalized spacial score (nSPS) is 18.8. The highest BCUT2D eigenvalue weighted by atomic mass is 127. The van der Waals surface area contributed by atoms with Gasteiger partial charge < -0.3 is 20.3 Å². The van der Waals surface area contributed by atoms with Crippen LogP contribution in [0, 0.1) is 5.92 Å². The van der Waals surface area contributed by atoms with E-state index in [9.17, 15) is 13.2 Å². The van der Waals surface area contributed by atoms with Crippen molar-refractivity contribution in [3.05, 3.63) is 29.8 Å². The Morgan fingerprint density at radius 3 is 2.66 bits per heavy atom. The molecule has 1 saturated heterocycles. The monoisotopic (exact) mass is 528 g/mol. The summed E-state index contributed by atoms with van der Waals surface area (Å²) in [5, 5.41) is 6.55. The smallest absolute Gasteiger partial charge is 0.416 e. The molecule has 2 rings (SSSR count). The number of guanidine groups is 1. The number of nitrogens with zero attached hydrogens (tertiary/aromatic N) is 2. The summed E-state index contributed by atoms with van der Waals surface area (Å²) in [5.74, 6) is 1.50. The van der Waals surface area contributed by atoms with Gasteiger partial charge in [0.25, 0.3) is 0 Å². The van der Waals surface area contributed by atoms with Gasteiger partial charge in [0.15, 0.2) is 5.96 Å². The number of halogens is 4. The minimum atomic E-state index is -4.38. The van der Waals surface area contributed by atoms with Crippen LogP contribution in [0.3, 0.4) is 0 Å². The van der Waals surface area contributed by atoms with Gasteiger partial charge in [0.2, 0.25) is 0 Å². The Balaban J connectivity index is 0.00000420. The molecular weight excluding hydrogens is 496 g/mol. The number of likely N-dealkylation sites (tertiary alicyclic amines) is 1. The van der Waals surface area contributed by atoms with Gasteiger partial charge in [-0.05, 0) is 50.0 Å². The van der Waals surface area contributed by atoms with Crippen LogP contribution in [0.15, 0.2) is 29.3 Å². The maximum atomic E-state index is 12.9. The van der Waals surface area contributed by atoms with Crippen molar-refractivity contribution in [2.45, 2.75) is 39.0 Å². The molecule has 2 unspecified atom stereocenters. The van der Waals surface area contributed by atoms with Crippen LogP contribution < -0.4 is 15.4 Å². The van der Waals surface area contributed by atoms with Crippen molar-refractivity contribution in [3.63, 3.8) is 0 Å². The van der Waals surface area contributed by atoms with Gasteiger partial charge in [0, 0.05) is 20.1 Å². The van der Waals surface area contributed by atoms with E-state index in [1.807, 2.05) is 6.92 Å². The first-order chi connectivity index (χ1) is 13.4. The van der Waals surface area contributed by atoms with Crippen LogP contribution in [0.25, 0.3) is 0 Å². The number of hydrogen-bond donors (Lipinski definition) is 2. The van der Waals surface area contributed by atoms with E-state index < -0.39 is 11.7 Å². The lowest BCUT2D eigenvalue weighted by Gasteiger charge is -2.21. The molecule has 0 amide bonds. The minimum absolute atomic E-state index is 0. The number of aliphatic imine (C=N–C) groups is 1. The van der Waals surface area contributed by atoms with Gasteiger partial charge in [-0.3, -0.25) is 4.99 Å². The Kier molecular flexibility index (Phi) is 11.1. The van der Waals surface area contributed by atoms with Crippen molar-refractivity contribution >= 4 is 29.9 Å². The van der Waals surface area contributed by atoms with Gasteiger partial charge in [-0.25, -0.2) is 0 Å². The van der Waals surface area contributed by atoms with Crippen LogP contribution in [-0.4, -0.2) is 56.7 Å². The van der Waals surface area contributed by atoms with Gasteiger partial charge in [0.05, 0.1) is 12.1 Å². The standard InChI is InChI=1S/C20H31F3N4O.HI/c1-4-17(28-18-8-6-7-16(11-18)20(21,22)23)13-26-19(24-3)25-12-15-9-10-27(5-2)14-15;/h6-8,11,15,17H,4-5,9-10,12-14H2,1-3H3,(H2,24,25,26);1H. The van der Waals surface area contributed by atoms with Gasteiger partial charge in [-0.15, -0.1) is 24.0 Å². The fourth-order valence-electron chi connectivity index (χ4n) is 3.25. The van der Waals surface area contributed by atoms with Crippen molar-refractivity contribution in [1.82, 2.24) is 15.5 Å². The van der Waals surface area contributed by atoms with Crippen molar-refractivity contribution < 1.29 is 17.9 Å². The molecule has 1 aliphatic heterocycles. The van der Waals surface area contributed by atoms with E-state index in [0.717, 1.165) is 38.3 Å². The van der Waals surface area contributed by atoms with Gasteiger partial charge in [-0.2, -0.15) is 13.2 Å². The number of benzene rings is 1. The van der Waals surface area contributed by atoms with Gasteiger partial charge >= 0.3 is 6.18 Å². The van der Waals surface area contributed by atoms with Crippen LogP contribution in [0.2, 0.25) is 0 Å². The van der Waals surface area contributed by atoms with E-state index in [4.69, 9.17) is 4.74 Å². The molecule has 0 aromatic heterocycles. The van der Waals surface area contributed by atoms with E-state index >= 15 is 0 Å². The summed E-state index contributed by atoms with van der Waals surface area (Å²) < 4.78 is 44.3. The lowest BCUT2D eigenvalue weighted by molar-refractivity contribution is -0.137. The Morgan fingerprint density at radius 2 is 2.07 bits per heavy atom. The van der Waals surface area contributed by atoms with E-state index in [1.165, 1.54) is 12.5 Å². The molecule has 2 atom stereocenters. The summed E-state index contributed by atoms with van der Waals surface area (Å²) in [6.45, 7) is 8.72. The largest absolute Gasteiger partial charge is 0.489 e. The summed E-state index contributed by atoms with van der Waals surface area (Å²) in [6, 6.07) is 4.99. The zero-order valence-electron chi connectivity index (χ0n) is 17.3. The van der Waals surface area contributed by atoms with Gasteiger partial charge in [-0.1, -0.05) is 19.9 Å². The second-order valence-electron chi connectivity index (χ2n) is 7.06. The van der Waals surface area contributed by atoms with Crippen molar-refractivity contribution in [2.75, 3.05) is 39.8 Å². The van der Waals surface area contributed by atoms with E-state index in [1.54, 1.807) is 13.1 Å². The lowest BCUT2D eigenvalue weighted by atomic mass is 10.1. The summed E-state index contributed by atoms with van der Waals surface area (Å²) in [5.41, 5.74) is -0.706. The molecule has 0 aliphatic carbocycles. The molecule has 1 heterocycles. The number of ether oxygens (including phenoxy) is 1. The van der Waals surface area contributed by atoms with Crippen LogP contribution in [-0.2, 0) is 6.18 Å². The Labute approximate surface area is 188 Å². The third kappa shape index (κ3) is 8.57. The summed E-state index contributed by atoms with van der Waals surface area (Å²) >= 11 is 0. The number of hydrogen-bond acceptors (Lipinski definition) is 3. The zero-order valence-corrected chi connectivity index (χ0v) is 19.6. The summed E-state index contributed by atoms with van der Waals surface area (Å²) in [6.07, 6.45) is -2.80. The lowest BCUT2D eigenvalue weighted by Crippen LogP contribution is -2.44. The molecule has 0 bridgehead atoms. The maximum Gasteiger partial charge on any atom is 0.416 e. The molecule has 0 radical (unpaired) electrons. The van der Waals surface area contributed by atoms with Crippen molar-refractivity contribution in [1.29, 1.82) is 0 Å². The van der Waals surface area contributed by atoms with E-state index in [0.29, 0.717) is 24.8 Å². The fourth-order valence-corrected chi connectivity index (χ4v) is 3.25. The number of rotatable bonds is 8. The average Bonchev–Trinajstić information content (AvgIpc) is 3.14. The molecule has 1 fully saturated rings. The van der Waals surface area contributed by atoms with E-state index in [-0.39, 0.29) is 35.8 Å². The van der Waals surface area contributed by atoms with Crippen LogP contribution >= 0.6 is 24.0 Å². The zero-order chi connectivity index (χ0) is 20.6. The first-order valence-corrected chi connectivity index (χ1v) is 9.86. The second kappa shape index (κ2) is 12.5. The molecule has 0 spiro atoms. The molecule has 1 aromatic carbocycles. The first kappa shape index (κ1) is 25.8. The second-order valence-corrected chi connectivity index (χ2v) is 7.06. The maximum absolute atomic E-state index is 12.9. The summed E-state index contributed by atoms with van der Waals surface area (Å²) in [7, 11) is 1.71. The Hall–Kier alpha value is -1.23. The highest BCUT2D eigenvalue weighted by Gasteiger charge is 2.30. The Morgan fingerprint density at radius 1 is 1.31 bits per heavy atom. The number of alkyl halides is 3. The topological polar surface area (TPSA) is 48.9 Å².